The van der Waals surface area contributed by atoms with Crippen molar-refractivity contribution in [2.45, 2.75) is 26.2 Å². The van der Waals surface area contributed by atoms with Gasteiger partial charge in [-0.3, -0.25) is 4.79 Å². The molecule has 0 fully saturated rings. The maximum atomic E-state index is 11.2. The lowest BCUT2D eigenvalue weighted by molar-refractivity contribution is -0.136. The van der Waals surface area contributed by atoms with Gasteiger partial charge in [0, 0.05) is 12.6 Å². The van der Waals surface area contributed by atoms with Gasteiger partial charge in [0.2, 0.25) is 5.91 Å². The average Bonchev–Trinajstić information content (AvgIpc) is 2.50. The number of hydrogen-bond acceptors (Lipinski definition) is 3. The number of ether oxygens (including phenoxy) is 1. The van der Waals surface area contributed by atoms with Gasteiger partial charge in [0.1, 0.15) is 0 Å². The summed E-state index contributed by atoms with van der Waals surface area (Å²) in [6.07, 6.45) is 2.35. The van der Waals surface area contributed by atoms with E-state index in [1.807, 2.05) is 0 Å². The van der Waals surface area contributed by atoms with Crippen molar-refractivity contribution in [1.29, 1.82) is 0 Å². The fourth-order valence-electron chi connectivity index (χ4n) is 1.44. The molecule has 1 amide bonds. The number of methoxy groups -OCH3 is 1. The van der Waals surface area contributed by atoms with Crippen molar-refractivity contribution >= 4 is 11.9 Å². The van der Waals surface area contributed by atoms with Crippen molar-refractivity contribution in [1.82, 2.24) is 5.32 Å². The van der Waals surface area contributed by atoms with Gasteiger partial charge in [-0.1, -0.05) is 0 Å². The van der Waals surface area contributed by atoms with E-state index in [2.05, 4.69) is 10.1 Å². The summed E-state index contributed by atoms with van der Waals surface area (Å²) >= 11 is 0. The van der Waals surface area contributed by atoms with Crippen molar-refractivity contribution in [3.05, 3.63) is 11.3 Å². The van der Waals surface area contributed by atoms with Crippen molar-refractivity contribution in [2.24, 2.45) is 0 Å². The molecule has 1 N–H and O–H groups in total. The first kappa shape index (κ1) is 9.77. The number of rotatable bonds is 2. The molecule has 0 aromatic heterocycles. The minimum atomic E-state index is -0.332. The maximum absolute atomic E-state index is 11.2. The number of carbonyl (C=O) groups is 2. The Bertz CT molecular complexity index is 268. The Kier molecular flexibility index (Phi) is 3.06. The second-order valence-electron chi connectivity index (χ2n) is 2.98. The van der Waals surface area contributed by atoms with E-state index in [4.69, 9.17) is 0 Å². The smallest absolute Gasteiger partial charge is 0.335 e. The zero-order chi connectivity index (χ0) is 9.84. The van der Waals surface area contributed by atoms with Crippen LogP contribution in [0.15, 0.2) is 11.3 Å². The van der Waals surface area contributed by atoms with Crippen LogP contribution in [0.25, 0.3) is 0 Å². The van der Waals surface area contributed by atoms with Gasteiger partial charge in [-0.15, -0.1) is 0 Å². The highest BCUT2D eigenvalue weighted by Gasteiger charge is 2.21. The van der Waals surface area contributed by atoms with Crippen LogP contribution in [0.2, 0.25) is 0 Å². The minimum absolute atomic E-state index is 0.140. The molecule has 0 aliphatic heterocycles. The molecule has 0 atom stereocenters. The van der Waals surface area contributed by atoms with Crippen LogP contribution in [0.3, 0.4) is 0 Å². The lowest BCUT2D eigenvalue weighted by Gasteiger charge is -2.05. The van der Waals surface area contributed by atoms with Gasteiger partial charge in [0.05, 0.1) is 12.7 Å². The standard InChI is InChI=1S/C9H13NO3/c1-6(11)10-8-5-3-4-7(8)9(12)13-2/h3-5H2,1-2H3,(H,10,11). The molecule has 0 spiro atoms. The second kappa shape index (κ2) is 4.07. The Balaban J connectivity index is 2.76. The van der Waals surface area contributed by atoms with E-state index in [1.165, 1.54) is 14.0 Å². The summed E-state index contributed by atoms with van der Waals surface area (Å²) in [5.74, 6) is -0.473. The van der Waals surface area contributed by atoms with Gasteiger partial charge < -0.3 is 10.1 Å². The van der Waals surface area contributed by atoms with E-state index in [9.17, 15) is 9.59 Å². The molecule has 1 rings (SSSR count). The Hall–Kier alpha value is -1.32. The first-order chi connectivity index (χ1) is 6.15. The summed E-state index contributed by atoms with van der Waals surface area (Å²) in [5, 5.41) is 2.65. The molecule has 0 radical (unpaired) electrons. The molecule has 13 heavy (non-hydrogen) atoms. The van der Waals surface area contributed by atoms with Crippen LogP contribution in [-0.4, -0.2) is 19.0 Å². The van der Waals surface area contributed by atoms with Crippen LogP contribution in [0.5, 0.6) is 0 Å². The summed E-state index contributed by atoms with van der Waals surface area (Å²) < 4.78 is 4.60. The van der Waals surface area contributed by atoms with E-state index in [1.54, 1.807) is 0 Å². The van der Waals surface area contributed by atoms with Gasteiger partial charge in [-0.25, -0.2) is 4.79 Å². The quantitative estimate of drug-likeness (QED) is 0.642. The summed E-state index contributed by atoms with van der Waals surface area (Å²) in [6, 6.07) is 0. The Labute approximate surface area is 76.9 Å². The van der Waals surface area contributed by atoms with E-state index < -0.39 is 0 Å². The lowest BCUT2D eigenvalue weighted by atomic mass is 10.2. The molecule has 1 aliphatic rings. The minimum Gasteiger partial charge on any atom is -0.466 e. The normalized spacial score (nSPS) is 15.8. The highest BCUT2D eigenvalue weighted by molar-refractivity contribution is 5.91. The molecule has 0 aromatic rings. The van der Waals surface area contributed by atoms with Crippen molar-refractivity contribution in [3.63, 3.8) is 0 Å². The Morgan fingerprint density at radius 3 is 2.62 bits per heavy atom. The largest absolute Gasteiger partial charge is 0.466 e. The van der Waals surface area contributed by atoms with Gasteiger partial charge in [-0.2, -0.15) is 0 Å². The van der Waals surface area contributed by atoms with Crippen molar-refractivity contribution in [2.75, 3.05) is 7.11 Å². The Morgan fingerprint density at radius 2 is 2.08 bits per heavy atom. The molecule has 1 aliphatic carbocycles. The number of allylic oxidation sites excluding steroid dienone is 1. The van der Waals surface area contributed by atoms with E-state index in [0.29, 0.717) is 12.0 Å². The molecule has 4 heteroatoms. The van der Waals surface area contributed by atoms with Crippen LogP contribution in [0.1, 0.15) is 26.2 Å². The van der Waals surface area contributed by atoms with Crippen LogP contribution in [0, 0.1) is 0 Å². The zero-order valence-electron chi connectivity index (χ0n) is 7.85. The van der Waals surface area contributed by atoms with Crippen molar-refractivity contribution in [3.8, 4) is 0 Å². The highest BCUT2D eigenvalue weighted by Crippen LogP contribution is 2.24. The first-order valence-corrected chi connectivity index (χ1v) is 4.23. The molecule has 0 unspecified atom stereocenters. The van der Waals surface area contributed by atoms with E-state index >= 15 is 0 Å². The van der Waals surface area contributed by atoms with E-state index in [-0.39, 0.29) is 11.9 Å². The summed E-state index contributed by atoms with van der Waals surface area (Å²) in [5.41, 5.74) is 1.33. The summed E-state index contributed by atoms with van der Waals surface area (Å²) in [4.78, 5) is 21.9. The predicted molar refractivity (Wildman–Crippen MR) is 46.7 cm³/mol. The summed E-state index contributed by atoms with van der Waals surface area (Å²) in [7, 11) is 1.35. The van der Waals surface area contributed by atoms with E-state index in [0.717, 1.165) is 18.5 Å². The van der Waals surface area contributed by atoms with Gasteiger partial charge in [0.25, 0.3) is 0 Å². The number of hydrogen-bond donors (Lipinski definition) is 1. The summed E-state index contributed by atoms with van der Waals surface area (Å²) in [6.45, 7) is 1.43. The van der Waals surface area contributed by atoms with Crippen LogP contribution < -0.4 is 5.32 Å². The molecule has 0 bridgehead atoms. The topological polar surface area (TPSA) is 55.4 Å². The zero-order valence-corrected chi connectivity index (χ0v) is 7.85. The molecule has 72 valence electrons. The third-order valence-corrected chi connectivity index (χ3v) is 1.98. The fraction of sp³-hybridized carbons (Fsp3) is 0.556. The first-order valence-electron chi connectivity index (χ1n) is 4.23. The molecule has 0 aromatic carbocycles. The monoisotopic (exact) mass is 183 g/mol. The SMILES string of the molecule is COC(=O)C1=C(NC(C)=O)CCC1. The van der Waals surface area contributed by atoms with Crippen LogP contribution >= 0.6 is 0 Å². The molecule has 0 heterocycles. The predicted octanol–water partition coefficient (Wildman–Crippen LogP) is 0.733. The van der Waals surface area contributed by atoms with Crippen molar-refractivity contribution < 1.29 is 14.3 Å². The fourth-order valence-corrected chi connectivity index (χ4v) is 1.44. The Morgan fingerprint density at radius 1 is 1.38 bits per heavy atom. The molecule has 4 nitrogen and oxygen atoms in total. The number of amides is 1. The average molecular weight is 183 g/mol. The lowest BCUT2D eigenvalue weighted by Crippen LogP contribution is -2.20. The second-order valence-corrected chi connectivity index (χ2v) is 2.98. The van der Waals surface area contributed by atoms with Gasteiger partial charge >= 0.3 is 5.97 Å². The molecule has 0 saturated heterocycles. The van der Waals surface area contributed by atoms with Crippen LogP contribution in [0.4, 0.5) is 0 Å². The molecular formula is C9H13NO3. The molecular weight excluding hydrogens is 170 g/mol. The third kappa shape index (κ3) is 2.31. The molecule has 0 saturated carbocycles. The number of carbonyl (C=O) groups excluding carboxylic acids is 2. The van der Waals surface area contributed by atoms with Gasteiger partial charge in [-0.05, 0) is 19.3 Å². The third-order valence-electron chi connectivity index (χ3n) is 1.98. The number of esters is 1. The maximum Gasteiger partial charge on any atom is 0.335 e. The highest BCUT2D eigenvalue weighted by atomic mass is 16.5. The van der Waals surface area contributed by atoms with Gasteiger partial charge in [0.15, 0.2) is 0 Å². The number of nitrogens with one attached hydrogen (secondary N) is 1. The van der Waals surface area contributed by atoms with Crippen LogP contribution in [-0.2, 0) is 14.3 Å².